The Morgan fingerprint density at radius 1 is 1.30 bits per heavy atom. The predicted molar refractivity (Wildman–Crippen MR) is 81.9 cm³/mol. The SMILES string of the molecule is O=C(O)N1CC2(C[C@@H](C3c4ccccc4-c4cncn43)[C@@H]2O)C1. The van der Waals surface area contributed by atoms with Crippen molar-refractivity contribution in [1.29, 1.82) is 0 Å². The zero-order valence-electron chi connectivity index (χ0n) is 12.5. The highest BCUT2D eigenvalue weighted by atomic mass is 16.4. The Hall–Kier alpha value is -2.34. The average Bonchev–Trinajstić information content (AvgIpc) is 3.06. The molecule has 1 aromatic heterocycles. The minimum atomic E-state index is -0.894. The second-order valence-electron chi connectivity index (χ2n) is 7.03. The lowest BCUT2D eigenvalue weighted by Crippen LogP contribution is -2.71. The first-order valence-electron chi connectivity index (χ1n) is 7.88. The molecule has 2 N–H and O–H groups in total. The van der Waals surface area contributed by atoms with Gasteiger partial charge in [-0.3, -0.25) is 0 Å². The van der Waals surface area contributed by atoms with Gasteiger partial charge in [-0.15, -0.1) is 0 Å². The Kier molecular flexibility index (Phi) is 2.36. The molecule has 1 saturated heterocycles. The average molecular weight is 311 g/mol. The number of imidazole rings is 1. The second kappa shape index (κ2) is 4.14. The van der Waals surface area contributed by atoms with Crippen LogP contribution in [0.2, 0.25) is 0 Å². The summed E-state index contributed by atoms with van der Waals surface area (Å²) in [5, 5.41) is 19.8. The standard InChI is InChI=1S/C17H17N3O3/c21-15-12(5-17(15)7-19(8-17)16(22)23)14-11-4-2-1-3-10(11)13-6-18-9-20(13)14/h1-4,6,9,12,14-15,21H,5,7-8H2,(H,22,23)/t12-,14?,15-/m0/s1. The second-order valence-corrected chi connectivity index (χ2v) is 7.03. The first-order chi connectivity index (χ1) is 11.1. The smallest absolute Gasteiger partial charge is 0.407 e. The van der Waals surface area contributed by atoms with Crippen molar-refractivity contribution in [3.05, 3.63) is 42.4 Å². The van der Waals surface area contributed by atoms with Crippen molar-refractivity contribution >= 4 is 6.09 Å². The van der Waals surface area contributed by atoms with Crippen LogP contribution in [0.5, 0.6) is 0 Å². The molecule has 1 aliphatic carbocycles. The first-order valence-corrected chi connectivity index (χ1v) is 7.88. The number of aliphatic hydroxyl groups excluding tert-OH is 1. The molecule has 5 rings (SSSR count). The maximum atomic E-state index is 11.0. The van der Waals surface area contributed by atoms with E-state index >= 15 is 0 Å². The van der Waals surface area contributed by atoms with E-state index in [2.05, 4.69) is 21.7 Å². The van der Waals surface area contributed by atoms with Crippen molar-refractivity contribution < 1.29 is 15.0 Å². The molecule has 3 heterocycles. The van der Waals surface area contributed by atoms with Crippen LogP contribution >= 0.6 is 0 Å². The van der Waals surface area contributed by atoms with Gasteiger partial charge in [0.25, 0.3) is 0 Å². The Bertz CT molecular complexity index is 809. The molecule has 118 valence electrons. The molecule has 1 unspecified atom stereocenters. The fourth-order valence-electron chi connectivity index (χ4n) is 4.75. The van der Waals surface area contributed by atoms with Crippen LogP contribution < -0.4 is 0 Å². The number of amides is 1. The topological polar surface area (TPSA) is 78.6 Å². The van der Waals surface area contributed by atoms with Crippen molar-refractivity contribution in [3.63, 3.8) is 0 Å². The zero-order chi connectivity index (χ0) is 15.8. The van der Waals surface area contributed by atoms with Gasteiger partial charge in [0.05, 0.1) is 30.4 Å². The van der Waals surface area contributed by atoms with Crippen LogP contribution in [0.1, 0.15) is 18.0 Å². The van der Waals surface area contributed by atoms with Crippen LogP contribution in [-0.4, -0.2) is 50.0 Å². The maximum Gasteiger partial charge on any atom is 0.407 e. The predicted octanol–water partition coefficient (Wildman–Crippen LogP) is 1.81. The monoisotopic (exact) mass is 311 g/mol. The van der Waals surface area contributed by atoms with Gasteiger partial charge in [0.1, 0.15) is 0 Å². The van der Waals surface area contributed by atoms with E-state index in [-0.39, 0.29) is 17.4 Å². The minimum Gasteiger partial charge on any atom is -0.465 e. The summed E-state index contributed by atoms with van der Waals surface area (Å²) in [6, 6.07) is 8.37. The van der Waals surface area contributed by atoms with E-state index in [1.54, 1.807) is 0 Å². The fourth-order valence-corrected chi connectivity index (χ4v) is 4.75. The highest BCUT2D eigenvalue weighted by molar-refractivity contribution is 5.69. The molecule has 1 aromatic carbocycles. The Morgan fingerprint density at radius 3 is 2.83 bits per heavy atom. The molecule has 2 aliphatic heterocycles. The van der Waals surface area contributed by atoms with Crippen molar-refractivity contribution in [2.24, 2.45) is 11.3 Å². The number of fused-ring (bicyclic) bond motifs is 3. The molecule has 23 heavy (non-hydrogen) atoms. The summed E-state index contributed by atoms with van der Waals surface area (Å²) in [6.07, 6.45) is 3.20. The van der Waals surface area contributed by atoms with E-state index < -0.39 is 12.2 Å². The van der Waals surface area contributed by atoms with Gasteiger partial charge in [0, 0.05) is 30.0 Å². The molecule has 1 amide bonds. The lowest BCUT2D eigenvalue weighted by Gasteiger charge is -2.62. The van der Waals surface area contributed by atoms with Gasteiger partial charge >= 0.3 is 6.09 Å². The Balaban J connectivity index is 1.45. The van der Waals surface area contributed by atoms with Crippen molar-refractivity contribution in [2.45, 2.75) is 18.6 Å². The van der Waals surface area contributed by atoms with E-state index in [1.807, 2.05) is 24.7 Å². The van der Waals surface area contributed by atoms with E-state index in [0.717, 1.165) is 12.1 Å². The maximum absolute atomic E-state index is 11.0. The van der Waals surface area contributed by atoms with Crippen molar-refractivity contribution in [2.75, 3.05) is 13.1 Å². The van der Waals surface area contributed by atoms with Gasteiger partial charge in [-0.1, -0.05) is 24.3 Å². The molecule has 1 saturated carbocycles. The lowest BCUT2D eigenvalue weighted by molar-refractivity contribution is -0.194. The van der Waals surface area contributed by atoms with Crippen LogP contribution in [0.25, 0.3) is 11.3 Å². The van der Waals surface area contributed by atoms with Gasteiger partial charge in [0.2, 0.25) is 0 Å². The van der Waals surface area contributed by atoms with Crippen molar-refractivity contribution in [3.8, 4) is 11.3 Å². The van der Waals surface area contributed by atoms with Crippen LogP contribution in [0.4, 0.5) is 4.79 Å². The number of aliphatic hydroxyl groups is 1. The lowest BCUT2D eigenvalue weighted by atomic mass is 9.53. The fraction of sp³-hybridized carbons (Fsp3) is 0.412. The van der Waals surface area contributed by atoms with E-state index in [1.165, 1.54) is 16.0 Å². The van der Waals surface area contributed by atoms with Crippen LogP contribution in [0.3, 0.4) is 0 Å². The van der Waals surface area contributed by atoms with Crippen molar-refractivity contribution in [1.82, 2.24) is 14.5 Å². The van der Waals surface area contributed by atoms with E-state index in [4.69, 9.17) is 5.11 Å². The van der Waals surface area contributed by atoms with E-state index in [0.29, 0.717) is 13.1 Å². The molecule has 2 fully saturated rings. The molecule has 3 aliphatic rings. The third-order valence-corrected chi connectivity index (χ3v) is 5.88. The minimum absolute atomic E-state index is 0.100. The Morgan fingerprint density at radius 2 is 2.09 bits per heavy atom. The third-order valence-electron chi connectivity index (χ3n) is 5.88. The summed E-state index contributed by atoms with van der Waals surface area (Å²) in [5.74, 6) is 0.113. The van der Waals surface area contributed by atoms with Crippen LogP contribution in [-0.2, 0) is 0 Å². The number of nitrogens with zero attached hydrogens (tertiary/aromatic N) is 3. The molecule has 3 atom stereocenters. The number of rotatable bonds is 1. The number of hydrogen-bond acceptors (Lipinski definition) is 3. The number of aromatic nitrogens is 2. The van der Waals surface area contributed by atoms with Gasteiger partial charge in [-0.05, 0) is 12.0 Å². The summed E-state index contributed by atoms with van der Waals surface area (Å²) >= 11 is 0. The Labute approximate surface area is 133 Å². The summed E-state index contributed by atoms with van der Waals surface area (Å²) < 4.78 is 2.15. The summed E-state index contributed by atoms with van der Waals surface area (Å²) in [5.41, 5.74) is 3.28. The molecular formula is C17H17N3O3. The molecule has 6 heteroatoms. The largest absolute Gasteiger partial charge is 0.465 e. The quantitative estimate of drug-likeness (QED) is 0.842. The highest BCUT2D eigenvalue weighted by Crippen LogP contribution is 2.59. The summed E-state index contributed by atoms with van der Waals surface area (Å²) in [4.78, 5) is 16.6. The normalized spacial score (nSPS) is 29.6. The van der Waals surface area contributed by atoms with E-state index in [9.17, 15) is 9.90 Å². The molecule has 0 bridgehead atoms. The molecule has 6 nitrogen and oxygen atoms in total. The number of benzene rings is 1. The van der Waals surface area contributed by atoms with Gasteiger partial charge in [-0.25, -0.2) is 9.78 Å². The van der Waals surface area contributed by atoms with Crippen LogP contribution in [0.15, 0.2) is 36.8 Å². The number of carboxylic acid groups (broad SMARTS) is 1. The summed E-state index contributed by atoms with van der Waals surface area (Å²) in [7, 11) is 0. The van der Waals surface area contributed by atoms with Gasteiger partial charge < -0.3 is 19.7 Å². The third kappa shape index (κ3) is 1.51. The number of carbonyl (C=O) groups is 1. The number of hydrogen-bond donors (Lipinski definition) is 2. The number of likely N-dealkylation sites (tertiary alicyclic amines) is 1. The van der Waals surface area contributed by atoms with Gasteiger partial charge in [0.15, 0.2) is 0 Å². The molecule has 2 aromatic rings. The van der Waals surface area contributed by atoms with Gasteiger partial charge in [-0.2, -0.15) is 0 Å². The molecular weight excluding hydrogens is 294 g/mol. The summed E-state index contributed by atoms with van der Waals surface area (Å²) in [6.45, 7) is 0.899. The molecule has 0 radical (unpaired) electrons. The molecule has 1 spiro atoms. The zero-order valence-corrected chi connectivity index (χ0v) is 12.5. The van der Waals surface area contributed by atoms with Crippen LogP contribution in [0, 0.1) is 11.3 Å². The highest BCUT2D eigenvalue weighted by Gasteiger charge is 2.63. The first kappa shape index (κ1) is 13.1.